The van der Waals surface area contributed by atoms with Crippen LogP contribution < -0.4 is 9.54 Å². The fourth-order valence-electron chi connectivity index (χ4n) is 2.29. The van der Waals surface area contributed by atoms with Gasteiger partial charge in [-0.3, -0.25) is 9.59 Å². The van der Waals surface area contributed by atoms with Crippen molar-refractivity contribution in [2.75, 3.05) is 13.7 Å². The lowest BCUT2D eigenvalue weighted by atomic mass is 10.2. The van der Waals surface area contributed by atoms with Crippen LogP contribution in [0.15, 0.2) is 23.2 Å². The van der Waals surface area contributed by atoms with Crippen molar-refractivity contribution >= 4 is 33.4 Å². The molecule has 0 unspecified atom stereocenters. The van der Waals surface area contributed by atoms with Crippen molar-refractivity contribution in [2.24, 2.45) is 4.99 Å². The molecule has 0 saturated heterocycles. The van der Waals surface area contributed by atoms with E-state index < -0.39 is 5.97 Å². The Kier molecular flexibility index (Phi) is 6.54. The molecule has 0 bridgehead atoms. The molecule has 2 rings (SSSR count). The van der Waals surface area contributed by atoms with Crippen LogP contribution in [-0.4, -0.2) is 30.2 Å². The second kappa shape index (κ2) is 8.63. The van der Waals surface area contributed by atoms with E-state index in [0.29, 0.717) is 23.6 Å². The number of para-hydroxylation sites is 1. The van der Waals surface area contributed by atoms with Gasteiger partial charge in [-0.1, -0.05) is 30.7 Å². The molecule has 1 heterocycles. The number of hydrogen-bond donors (Lipinski definition) is 0. The van der Waals surface area contributed by atoms with E-state index in [1.165, 1.54) is 18.4 Å². The molecule has 0 spiro atoms. The lowest BCUT2D eigenvalue weighted by molar-refractivity contribution is -0.141. The number of unbranched alkanes of at least 4 members (excludes halogenated alkanes) is 1. The summed E-state index contributed by atoms with van der Waals surface area (Å²) in [6.45, 7) is 4.42. The van der Waals surface area contributed by atoms with Gasteiger partial charge in [0, 0.05) is 6.42 Å². The number of esters is 1. The van der Waals surface area contributed by atoms with Gasteiger partial charge in [0.05, 0.1) is 18.4 Å². The van der Waals surface area contributed by atoms with Gasteiger partial charge in [-0.25, -0.2) is 0 Å². The summed E-state index contributed by atoms with van der Waals surface area (Å²) in [5, 5.41) is 0. The second-order valence-corrected chi connectivity index (χ2v) is 6.20. The number of carbonyl (C=O) groups excluding carboxylic acids is 2. The Balaban J connectivity index is 2.59. The Labute approximate surface area is 144 Å². The second-order valence-electron chi connectivity index (χ2n) is 5.19. The molecule has 0 atom stereocenters. The Morgan fingerprint density at radius 3 is 2.75 bits per heavy atom. The van der Waals surface area contributed by atoms with E-state index in [1.54, 1.807) is 4.57 Å². The minimum absolute atomic E-state index is 0.0134. The standard InChI is InChI=1S/C17H22N2O4S/c1-4-6-10-14(20)18-17-19(11-15(21)22-3)16-12(23-5-2)8-7-9-13(16)24-17/h7-9H,4-6,10-11H2,1-3H3. The van der Waals surface area contributed by atoms with Crippen molar-refractivity contribution in [2.45, 2.75) is 39.7 Å². The van der Waals surface area contributed by atoms with Crippen LogP contribution in [-0.2, 0) is 20.9 Å². The normalized spacial score (nSPS) is 11.7. The molecule has 0 aliphatic rings. The van der Waals surface area contributed by atoms with Crippen LogP contribution in [0.2, 0.25) is 0 Å². The smallest absolute Gasteiger partial charge is 0.325 e. The SMILES string of the molecule is CCCCC(=O)N=c1sc2cccc(OCC)c2n1CC(=O)OC. The van der Waals surface area contributed by atoms with Crippen molar-refractivity contribution in [3.05, 3.63) is 23.0 Å². The Hall–Kier alpha value is -2.15. The number of carbonyl (C=O) groups is 2. The number of aromatic nitrogens is 1. The number of benzene rings is 1. The summed E-state index contributed by atoms with van der Waals surface area (Å²) in [4.78, 5) is 28.5. The number of nitrogens with zero attached hydrogens (tertiary/aromatic N) is 2. The molecule has 0 aliphatic heterocycles. The fourth-order valence-corrected chi connectivity index (χ4v) is 3.35. The molecule has 6 nitrogen and oxygen atoms in total. The molecule has 1 amide bonds. The van der Waals surface area contributed by atoms with Crippen molar-refractivity contribution in [3.63, 3.8) is 0 Å². The number of amides is 1. The highest BCUT2D eigenvalue weighted by Crippen LogP contribution is 2.27. The monoisotopic (exact) mass is 350 g/mol. The number of hydrogen-bond acceptors (Lipinski definition) is 5. The zero-order chi connectivity index (χ0) is 17.5. The first-order valence-electron chi connectivity index (χ1n) is 8.00. The minimum atomic E-state index is -0.400. The van der Waals surface area contributed by atoms with Crippen LogP contribution in [0, 0.1) is 0 Å². The maximum atomic E-state index is 12.0. The summed E-state index contributed by atoms with van der Waals surface area (Å²) in [5.74, 6) is 0.0843. The molecule has 24 heavy (non-hydrogen) atoms. The summed E-state index contributed by atoms with van der Waals surface area (Å²) in [7, 11) is 1.34. The highest BCUT2D eigenvalue weighted by molar-refractivity contribution is 7.16. The first-order valence-corrected chi connectivity index (χ1v) is 8.81. The van der Waals surface area contributed by atoms with E-state index in [0.717, 1.165) is 23.1 Å². The van der Waals surface area contributed by atoms with Gasteiger partial charge in [0.1, 0.15) is 17.8 Å². The number of thiazole rings is 1. The van der Waals surface area contributed by atoms with Crippen molar-refractivity contribution in [1.82, 2.24) is 4.57 Å². The van der Waals surface area contributed by atoms with Gasteiger partial charge in [0.2, 0.25) is 5.91 Å². The van der Waals surface area contributed by atoms with Gasteiger partial charge in [-0.2, -0.15) is 4.99 Å². The van der Waals surface area contributed by atoms with Gasteiger partial charge in [-0.05, 0) is 25.5 Å². The molecule has 2 aromatic rings. The van der Waals surface area contributed by atoms with E-state index in [2.05, 4.69) is 4.99 Å². The highest BCUT2D eigenvalue weighted by atomic mass is 32.1. The summed E-state index contributed by atoms with van der Waals surface area (Å²) < 4.78 is 13.0. The van der Waals surface area contributed by atoms with Crippen LogP contribution in [0.4, 0.5) is 0 Å². The van der Waals surface area contributed by atoms with Crippen LogP contribution in [0.25, 0.3) is 10.2 Å². The van der Waals surface area contributed by atoms with Crippen LogP contribution in [0.3, 0.4) is 0 Å². The Morgan fingerprint density at radius 1 is 1.29 bits per heavy atom. The lowest BCUT2D eigenvalue weighted by Gasteiger charge is -2.08. The number of fused-ring (bicyclic) bond motifs is 1. The molecule has 1 aromatic heterocycles. The summed E-state index contributed by atoms with van der Waals surface area (Å²) in [5.41, 5.74) is 0.761. The van der Waals surface area contributed by atoms with E-state index in [4.69, 9.17) is 9.47 Å². The maximum Gasteiger partial charge on any atom is 0.325 e. The average molecular weight is 350 g/mol. The molecule has 7 heteroatoms. The molecular formula is C17H22N2O4S. The highest BCUT2D eigenvalue weighted by Gasteiger charge is 2.15. The molecule has 0 saturated carbocycles. The predicted octanol–water partition coefficient (Wildman–Crippen LogP) is 2.89. The van der Waals surface area contributed by atoms with Crippen molar-refractivity contribution in [1.29, 1.82) is 0 Å². The molecule has 0 aliphatic carbocycles. The molecular weight excluding hydrogens is 328 g/mol. The van der Waals surface area contributed by atoms with Crippen molar-refractivity contribution < 1.29 is 19.1 Å². The maximum absolute atomic E-state index is 12.0. The lowest BCUT2D eigenvalue weighted by Crippen LogP contribution is -2.22. The Morgan fingerprint density at radius 2 is 2.08 bits per heavy atom. The van der Waals surface area contributed by atoms with Crippen LogP contribution in [0.5, 0.6) is 5.75 Å². The van der Waals surface area contributed by atoms with Crippen molar-refractivity contribution in [3.8, 4) is 5.75 Å². The largest absolute Gasteiger partial charge is 0.492 e. The predicted molar refractivity (Wildman–Crippen MR) is 93.1 cm³/mol. The molecule has 0 N–H and O–H groups in total. The number of methoxy groups -OCH3 is 1. The average Bonchev–Trinajstić information content (AvgIpc) is 2.91. The van der Waals surface area contributed by atoms with Gasteiger partial charge >= 0.3 is 5.97 Å². The van der Waals surface area contributed by atoms with Gasteiger partial charge < -0.3 is 14.0 Å². The first kappa shape index (κ1) is 18.2. The molecule has 0 fully saturated rings. The molecule has 130 valence electrons. The topological polar surface area (TPSA) is 69.9 Å². The number of ether oxygens (including phenoxy) is 2. The first-order chi connectivity index (χ1) is 11.6. The zero-order valence-electron chi connectivity index (χ0n) is 14.2. The van der Waals surface area contributed by atoms with E-state index >= 15 is 0 Å². The quantitative estimate of drug-likeness (QED) is 0.720. The van der Waals surface area contributed by atoms with E-state index in [9.17, 15) is 9.59 Å². The summed E-state index contributed by atoms with van der Waals surface area (Å²) in [6, 6.07) is 5.65. The van der Waals surface area contributed by atoms with Gasteiger partial charge in [0.25, 0.3) is 0 Å². The number of rotatable bonds is 7. The van der Waals surface area contributed by atoms with Crippen LogP contribution >= 0.6 is 11.3 Å². The summed E-state index contributed by atoms with van der Waals surface area (Å²) in [6.07, 6.45) is 2.14. The molecule has 1 aromatic carbocycles. The van der Waals surface area contributed by atoms with E-state index in [-0.39, 0.29) is 12.5 Å². The third-order valence-corrected chi connectivity index (χ3v) is 4.49. The van der Waals surface area contributed by atoms with E-state index in [1.807, 2.05) is 32.0 Å². The third-order valence-electron chi connectivity index (χ3n) is 3.44. The van der Waals surface area contributed by atoms with Crippen LogP contribution in [0.1, 0.15) is 33.1 Å². The minimum Gasteiger partial charge on any atom is -0.492 e. The fraction of sp³-hybridized carbons (Fsp3) is 0.471. The Bertz CT molecular complexity index is 791. The van der Waals surface area contributed by atoms with Gasteiger partial charge in [0.15, 0.2) is 4.80 Å². The van der Waals surface area contributed by atoms with Gasteiger partial charge in [-0.15, -0.1) is 0 Å². The molecule has 0 radical (unpaired) electrons. The summed E-state index contributed by atoms with van der Waals surface area (Å²) >= 11 is 1.37. The third kappa shape index (κ3) is 4.23. The zero-order valence-corrected chi connectivity index (χ0v) is 15.0.